The highest BCUT2D eigenvalue weighted by Crippen LogP contribution is 2.25. The molecule has 1 aliphatic heterocycles. The summed E-state index contributed by atoms with van der Waals surface area (Å²) in [6, 6.07) is 9.17. The predicted molar refractivity (Wildman–Crippen MR) is 110 cm³/mol. The topological polar surface area (TPSA) is 58.6 Å². The van der Waals surface area contributed by atoms with Crippen LogP contribution in [0.4, 0.5) is 4.39 Å². The number of rotatable bonds is 5. The minimum Gasteiger partial charge on any atom is -0.494 e. The Morgan fingerprint density at radius 1 is 1.14 bits per heavy atom. The van der Waals surface area contributed by atoms with Gasteiger partial charge in [0.05, 0.1) is 22.2 Å². The van der Waals surface area contributed by atoms with Gasteiger partial charge in [0.1, 0.15) is 11.6 Å². The molecule has 3 rings (SSSR count). The lowest BCUT2D eigenvalue weighted by atomic mass is 10.0. The summed E-state index contributed by atoms with van der Waals surface area (Å²) in [5.41, 5.74) is 0.640. The molecule has 5 nitrogen and oxygen atoms in total. The molecule has 1 fully saturated rings. The van der Waals surface area contributed by atoms with Crippen molar-refractivity contribution in [3.05, 3.63) is 63.4 Å². The highest BCUT2D eigenvalue weighted by atomic mass is 35.5. The molecule has 2 aromatic carbocycles. The van der Waals surface area contributed by atoms with Gasteiger partial charge in [-0.15, -0.1) is 0 Å². The van der Waals surface area contributed by atoms with E-state index in [4.69, 9.17) is 27.9 Å². The molecule has 1 heterocycles. The van der Waals surface area contributed by atoms with Crippen molar-refractivity contribution in [2.24, 2.45) is 0 Å². The summed E-state index contributed by atoms with van der Waals surface area (Å²) < 4.78 is 19.0. The van der Waals surface area contributed by atoms with Crippen molar-refractivity contribution in [1.29, 1.82) is 0 Å². The number of halogens is 3. The Morgan fingerprint density at radius 2 is 1.79 bits per heavy atom. The SMILES string of the molecule is CCOc1ccc(C(=O)N2CCC(NC(=O)c3cc(F)c(Cl)cc3Cl)CC2)cc1. The van der Waals surface area contributed by atoms with Crippen LogP contribution in [0.3, 0.4) is 0 Å². The highest BCUT2D eigenvalue weighted by molar-refractivity contribution is 6.36. The first-order valence-electron chi connectivity index (χ1n) is 9.36. The van der Waals surface area contributed by atoms with Crippen LogP contribution in [-0.4, -0.2) is 42.5 Å². The summed E-state index contributed by atoms with van der Waals surface area (Å²) in [5.74, 6) is -0.484. The average Bonchev–Trinajstić information content (AvgIpc) is 2.71. The number of piperidine rings is 1. The monoisotopic (exact) mass is 438 g/mol. The highest BCUT2D eigenvalue weighted by Gasteiger charge is 2.25. The van der Waals surface area contributed by atoms with Gasteiger partial charge in [-0.05, 0) is 56.2 Å². The minimum atomic E-state index is -0.697. The number of likely N-dealkylation sites (tertiary alicyclic amines) is 1. The second-order valence-corrected chi connectivity index (χ2v) is 7.56. The molecular formula is C21H21Cl2FN2O3. The van der Waals surface area contributed by atoms with Crippen molar-refractivity contribution in [3.63, 3.8) is 0 Å². The Kier molecular flexibility index (Phi) is 6.98. The fraction of sp³-hybridized carbons (Fsp3) is 0.333. The van der Waals surface area contributed by atoms with Crippen LogP contribution < -0.4 is 10.1 Å². The summed E-state index contributed by atoms with van der Waals surface area (Å²) in [7, 11) is 0. The van der Waals surface area contributed by atoms with Crippen LogP contribution in [0.5, 0.6) is 5.75 Å². The van der Waals surface area contributed by atoms with E-state index in [1.54, 1.807) is 29.2 Å². The second-order valence-electron chi connectivity index (χ2n) is 6.74. The third kappa shape index (κ3) is 5.19. The van der Waals surface area contributed by atoms with Crippen LogP contribution in [0.25, 0.3) is 0 Å². The van der Waals surface area contributed by atoms with Crippen molar-refractivity contribution in [2.75, 3.05) is 19.7 Å². The fourth-order valence-electron chi connectivity index (χ4n) is 3.23. The molecule has 1 saturated heterocycles. The van der Waals surface area contributed by atoms with E-state index < -0.39 is 11.7 Å². The van der Waals surface area contributed by atoms with Gasteiger partial charge in [0.2, 0.25) is 0 Å². The molecule has 0 atom stereocenters. The van der Waals surface area contributed by atoms with Gasteiger partial charge in [0.25, 0.3) is 11.8 Å². The van der Waals surface area contributed by atoms with Crippen molar-refractivity contribution in [2.45, 2.75) is 25.8 Å². The van der Waals surface area contributed by atoms with Crippen LogP contribution in [0.15, 0.2) is 36.4 Å². The smallest absolute Gasteiger partial charge is 0.253 e. The standard InChI is InChI=1S/C21H21Cl2FN2O3/c1-2-29-15-5-3-13(4-6-15)21(28)26-9-7-14(8-10-26)25-20(27)16-11-19(24)18(23)12-17(16)22/h3-6,11-12,14H,2,7-10H2,1H3,(H,25,27). The fourth-order valence-corrected chi connectivity index (χ4v) is 3.70. The number of benzene rings is 2. The van der Waals surface area contributed by atoms with Gasteiger partial charge >= 0.3 is 0 Å². The number of nitrogens with one attached hydrogen (secondary N) is 1. The van der Waals surface area contributed by atoms with Gasteiger partial charge in [-0.2, -0.15) is 0 Å². The first-order valence-corrected chi connectivity index (χ1v) is 10.1. The Labute approximate surface area is 178 Å². The number of hydrogen-bond donors (Lipinski definition) is 1. The maximum Gasteiger partial charge on any atom is 0.253 e. The Bertz CT molecular complexity index is 898. The molecule has 0 aromatic heterocycles. The molecule has 0 aliphatic carbocycles. The van der Waals surface area contributed by atoms with Gasteiger partial charge in [-0.1, -0.05) is 23.2 Å². The first-order chi connectivity index (χ1) is 13.9. The zero-order valence-electron chi connectivity index (χ0n) is 15.9. The molecule has 8 heteroatoms. The third-order valence-electron chi connectivity index (χ3n) is 4.78. The van der Waals surface area contributed by atoms with Gasteiger partial charge in [-0.25, -0.2) is 4.39 Å². The molecule has 0 saturated carbocycles. The molecule has 2 aromatic rings. The Morgan fingerprint density at radius 3 is 2.41 bits per heavy atom. The maximum absolute atomic E-state index is 13.6. The van der Waals surface area contributed by atoms with Gasteiger partial charge < -0.3 is 15.0 Å². The zero-order chi connectivity index (χ0) is 21.0. The van der Waals surface area contributed by atoms with Crippen LogP contribution in [0.1, 0.15) is 40.5 Å². The summed E-state index contributed by atoms with van der Waals surface area (Å²) in [4.78, 5) is 26.8. The zero-order valence-corrected chi connectivity index (χ0v) is 17.4. The van der Waals surface area contributed by atoms with Gasteiger partial charge in [0, 0.05) is 24.7 Å². The summed E-state index contributed by atoms with van der Waals surface area (Å²) in [6.45, 7) is 3.50. The maximum atomic E-state index is 13.6. The lowest BCUT2D eigenvalue weighted by Gasteiger charge is -2.32. The van der Waals surface area contributed by atoms with Gasteiger partial charge in [-0.3, -0.25) is 9.59 Å². The number of ether oxygens (including phenoxy) is 1. The molecule has 0 radical (unpaired) electrons. The van der Waals surface area contributed by atoms with E-state index in [1.165, 1.54) is 6.07 Å². The van der Waals surface area contributed by atoms with Crippen molar-refractivity contribution < 1.29 is 18.7 Å². The van der Waals surface area contributed by atoms with Crippen molar-refractivity contribution >= 4 is 35.0 Å². The van der Waals surface area contributed by atoms with E-state index >= 15 is 0 Å². The van der Waals surface area contributed by atoms with E-state index in [0.29, 0.717) is 38.1 Å². The number of nitrogens with zero attached hydrogens (tertiary/aromatic N) is 1. The average molecular weight is 439 g/mol. The molecule has 0 unspecified atom stereocenters. The first kappa shape index (κ1) is 21.4. The number of carbonyl (C=O) groups excluding carboxylic acids is 2. The van der Waals surface area contributed by atoms with E-state index in [-0.39, 0.29) is 27.6 Å². The molecule has 0 bridgehead atoms. The predicted octanol–water partition coefficient (Wildman–Crippen LogP) is 4.57. The third-order valence-corrected chi connectivity index (χ3v) is 5.39. The van der Waals surface area contributed by atoms with E-state index in [1.807, 2.05) is 6.92 Å². The lowest BCUT2D eigenvalue weighted by molar-refractivity contribution is 0.0698. The Balaban J connectivity index is 1.55. The molecule has 154 valence electrons. The summed E-state index contributed by atoms with van der Waals surface area (Å²) in [6.07, 6.45) is 1.20. The molecule has 1 aliphatic rings. The quantitative estimate of drug-likeness (QED) is 0.695. The van der Waals surface area contributed by atoms with E-state index in [9.17, 15) is 14.0 Å². The number of hydrogen-bond acceptors (Lipinski definition) is 3. The van der Waals surface area contributed by atoms with Crippen LogP contribution >= 0.6 is 23.2 Å². The molecule has 1 N–H and O–H groups in total. The van der Waals surface area contributed by atoms with Crippen LogP contribution in [0, 0.1) is 5.82 Å². The largest absolute Gasteiger partial charge is 0.494 e. The van der Waals surface area contributed by atoms with E-state index in [0.717, 1.165) is 11.8 Å². The summed E-state index contributed by atoms with van der Waals surface area (Å²) in [5, 5.41) is 2.82. The van der Waals surface area contributed by atoms with E-state index in [2.05, 4.69) is 5.32 Å². The molecule has 29 heavy (non-hydrogen) atoms. The van der Waals surface area contributed by atoms with Crippen LogP contribution in [-0.2, 0) is 0 Å². The summed E-state index contributed by atoms with van der Waals surface area (Å²) >= 11 is 11.7. The Hall–Kier alpha value is -2.31. The molecule has 0 spiro atoms. The second kappa shape index (κ2) is 9.46. The lowest BCUT2D eigenvalue weighted by Crippen LogP contribution is -2.46. The minimum absolute atomic E-state index is 0.0430. The molecule has 2 amide bonds. The van der Waals surface area contributed by atoms with Crippen LogP contribution in [0.2, 0.25) is 10.0 Å². The number of amides is 2. The molecular weight excluding hydrogens is 418 g/mol. The normalized spacial score (nSPS) is 14.6. The van der Waals surface area contributed by atoms with Crippen molar-refractivity contribution in [1.82, 2.24) is 10.2 Å². The van der Waals surface area contributed by atoms with Gasteiger partial charge in [0.15, 0.2) is 0 Å². The number of carbonyl (C=O) groups is 2. The van der Waals surface area contributed by atoms with Crippen molar-refractivity contribution in [3.8, 4) is 5.75 Å².